The number of rotatable bonds is 4. The van der Waals surface area contributed by atoms with E-state index in [4.69, 9.17) is 5.73 Å². The highest BCUT2D eigenvalue weighted by atomic mass is 32.2. The van der Waals surface area contributed by atoms with Gasteiger partial charge in [0.15, 0.2) is 9.84 Å². The van der Waals surface area contributed by atoms with Crippen LogP contribution in [0.15, 0.2) is 23.1 Å². The Hall–Kier alpha value is -1.44. The first kappa shape index (κ1) is 16.6. The molecule has 0 bridgehead atoms. The molecule has 0 radical (unpaired) electrons. The van der Waals surface area contributed by atoms with Gasteiger partial charge in [-0.15, -0.1) is 0 Å². The summed E-state index contributed by atoms with van der Waals surface area (Å²) in [6, 6.07) is 3.31. The summed E-state index contributed by atoms with van der Waals surface area (Å²) >= 11 is 0. The number of halogens is 3. The zero-order chi connectivity index (χ0) is 15.7. The minimum Gasteiger partial charge on any atom is -0.397 e. The van der Waals surface area contributed by atoms with E-state index in [2.05, 4.69) is 0 Å². The quantitative estimate of drug-likeness (QED) is 0.868. The summed E-state index contributed by atoms with van der Waals surface area (Å²) in [7, 11) is -3.44. The number of nitrogens with zero attached hydrogens (tertiary/aromatic N) is 1. The molecule has 0 saturated carbocycles. The summed E-state index contributed by atoms with van der Waals surface area (Å²) in [6.07, 6.45) is -3.36. The second kappa shape index (κ2) is 5.51. The van der Waals surface area contributed by atoms with E-state index in [1.807, 2.05) is 0 Å². The first-order chi connectivity index (χ1) is 8.92. The van der Waals surface area contributed by atoms with Crippen molar-refractivity contribution in [2.75, 3.05) is 23.4 Å². The third-order valence-electron chi connectivity index (χ3n) is 2.71. The summed E-state index contributed by atoms with van der Waals surface area (Å²) in [5, 5.41) is 0. The molecule has 0 unspecified atom stereocenters. The van der Waals surface area contributed by atoms with E-state index >= 15 is 0 Å². The SMILES string of the molecule is CC(C)N(CC(F)(F)F)c1ccc(S(C)(=O)=O)cc1N. The molecular weight excluding hydrogens is 293 g/mol. The normalized spacial score (nSPS) is 12.8. The number of nitrogen functional groups attached to an aromatic ring is 1. The second-order valence-corrected chi connectivity index (χ2v) is 6.85. The summed E-state index contributed by atoms with van der Waals surface area (Å²) in [4.78, 5) is 1.07. The summed E-state index contributed by atoms with van der Waals surface area (Å²) in [6.45, 7) is 2.07. The van der Waals surface area contributed by atoms with E-state index < -0.39 is 28.6 Å². The molecule has 1 rings (SSSR count). The summed E-state index contributed by atoms with van der Waals surface area (Å²) in [5.41, 5.74) is 5.88. The Balaban J connectivity index is 3.23. The average Bonchev–Trinajstić information content (AvgIpc) is 2.23. The second-order valence-electron chi connectivity index (χ2n) is 4.83. The van der Waals surface area contributed by atoms with Gasteiger partial charge in [0.25, 0.3) is 0 Å². The van der Waals surface area contributed by atoms with E-state index in [9.17, 15) is 21.6 Å². The average molecular weight is 310 g/mol. The number of nitrogens with two attached hydrogens (primary N) is 1. The van der Waals surface area contributed by atoms with Crippen LogP contribution in [0.25, 0.3) is 0 Å². The van der Waals surface area contributed by atoms with Crippen molar-refractivity contribution in [1.82, 2.24) is 0 Å². The molecule has 0 atom stereocenters. The highest BCUT2D eigenvalue weighted by molar-refractivity contribution is 7.90. The minimum atomic E-state index is -4.37. The number of hydrogen-bond acceptors (Lipinski definition) is 4. The molecule has 1 aromatic rings. The molecule has 0 amide bonds. The lowest BCUT2D eigenvalue weighted by Crippen LogP contribution is -2.39. The predicted octanol–water partition coefficient (Wildman–Crippen LogP) is 2.45. The predicted molar refractivity (Wildman–Crippen MR) is 72.5 cm³/mol. The largest absolute Gasteiger partial charge is 0.405 e. The topological polar surface area (TPSA) is 63.4 Å². The van der Waals surface area contributed by atoms with Crippen molar-refractivity contribution in [3.63, 3.8) is 0 Å². The lowest BCUT2D eigenvalue weighted by molar-refractivity contribution is -0.120. The van der Waals surface area contributed by atoms with Crippen LogP contribution >= 0.6 is 0 Å². The first-order valence-electron chi connectivity index (χ1n) is 5.85. The maximum absolute atomic E-state index is 12.6. The number of anilines is 2. The Bertz CT molecular complexity index is 583. The fourth-order valence-electron chi connectivity index (χ4n) is 1.76. The van der Waals surface area contributed by atoms with Crippen molar-refractivity contribution < 1.29 is 21.6 Å². The van der Waals surface area contributed by atoms with Crippen molar-refractivity contribution >= 4 is 21.2 Å². The van der Waals surface area contributed by atoms with Gasteiger partial charge in [-0.1, -0.05) is 0 Å². The highest BCUT2D eigenvalue weighted by Gasteiger charge is 2.32. The van der Waals surface area contributed by atoms with Gasteiger partial charge in [-0.2, -0.15) is 13.2 Å². The third kappa shape index (κ3) is 4.29. The Morgan fingerprint density at radius 1 is 1.30 bits per heavy atom. The van der Waals surface area contributed by atoms with Crippen LogP contribution in [-0.2, 0) is 9.84 Å². The number of sulfone groups is 1. The van der Waals surface area contributed by atoms with Crippen LogP contribution in [0.4, 0.5) is 24.5 Å². The van der Waals surface area contributed by atoms with Gasteiger partial charge >= 0.3 is 6.18 Å². The smallest absolute Gasteiger partial charge is 0.397 e. The van der Waals surface area contributed by atoms with Crippen molar-refractivity contribution in [3.8, 4) is 0 Å². The molecule has 1 aromatic carbocycles. The maximum atomic E-state index is 12.6. The standard InChI is InChI=1S/C12H17F3N2O2S/c1-8(2)17(7-12(13,14)15)11-5-4-9(6-10(11)16)20(3,18)19/h4-6,8H,7,16H2,1-3H3. The van der Waals surface area contributed by atoms with Gasteiger partial charge < -0.3 is 10.6 Å². The lowest BCUT2D eigenvalue weighted by Gasteiger charge is -2.31. The van der Waals surface area contributed by atoms with Crippen LogP contribution in [0, 0.1) is 0 Å². The van der Waals surface area contributed by atoms with Crippen LogP contribution in [-0.4, -0.2) is 33.4 Å². The van der Waals surface area contributed by atoms with E-state index in [0.29, 0.717) is 0 Å². The number of alkyl halides is 3. The zero-order valence-electron chi connectivity index (χ0n) is 11.4. The Morgan fingerprint density at radius 2 is 1.85 bits per heavy atom. The van der Waals surface area contributed by atoms with Gasteiger partial charge in [0.05, 0.1) is 16.3 Å². The first-order valence-corrected chi connectivity index (χ1v) is 7.74. The van der Waals surface area contributed by atoms with E-state index in [1.54, 1.807) is 13.8 Å². The molecule has 0 spiro atoms. The molecule has 20 heavy (non-hydrogen) atoms. The van der Waals surface area contributed by atoms with Crippen molar-refractivity contribution in [2.45, 2.75) is 31.0 Å². The van der Waals surface area contributed by atoms with Crippen molar-refractivity contribution in [2.24, 2.45) is 0 Å². The monoisotopic (exact) mass is 310 g/mol. The number of benzene rings is 1. The Labute approximate surface area is 116 Å². The summed E-state index contributed by atoms with van der Waals surface area (Å²) < 4.78 is 60.5. The molecule has 0 aliphatic heterocycles. The maximum Gasteiger partial charge on any atom is 0.405 e. The molecule has 8 heteroatoms. The van der Waals surface area contributed by atoms with Gasteiger partial charge in [-0.25, -0.2) is 8.42 Å². The number of hydrogen-bond donors (Lipinski definition) is 1. The molecule has 4 nitrogen and oxygen atoms in total. The van der Waals surface area contributed by atoms with Crippen LogP contribution in [0.5, 0.6) is 0 Å². The fraction of sp³-hybridized carbons (Fsp3) is 0.500. The van der Waals surface area contributed by atoms with Crippen LogP contribution in [0.3, 0.4) is 0 Å². The van der Waals surface area contributed by atoms with Crippen molar-refractivity contribution in [3.05, 3.63) is 18.2 Å². The molecule has 114 valence electrons. The molecule has 0 saturated heterocycles. The van der Waals surface area contributed by atoms with Gasteiger partial charge in [0.1, 0.15) is 6.54 Å². The van der Waals surface area contributed by atoms with E-state index in [0.717, 1.165) is 11.2 Å². The molecule has 0 aliphatic carbocycles. The molecule has 2 N–H and O–H groups in total. The van der Waals surface area contributed by atoms with Gasteiger partial charge in [-0.3, -0.25) is 0 Å². The van der Waals surface area contributed by atoms with Crippen LogP contribution < -0.4 is 10.6 Å². The van der Waals surface area contributed by atoms with E-state index in [1.165, 1.54) is 18.2 Å². The zero-order valence-corrected chi connectivity index (χ0v) is 12.2. The van der Waals surface area contributed by atoms with Crippen molar-refractivity contribution in [1.29, 1.82) is 0 Å². The van der Waals surface area contributed by atoms with E-state index in [-0.39, 0.29) is 16.3 Å². The third-order valence-corrected chi connectivity index (χ3v) is 3.82. The Kier molecular flexibility index (Phi) is 4.58. The summed E-state index contributed by atoms with van der Waals surface area (Å²) in [5.74, 6) is 0. The van der Waals surface area contributed by atoms with Gasteiger partial charge in [-0.05, 0) is 32.0 Å². The Morgan fingerprint density at radius 3 is 2.20 bits per heavy atom. The molecule has 0 aromatic heterocycles. The van der Waals surface area contributed by atoms with Gasteiger partial charge in [0, 0.05) is 12.3 Å². The lowest BCUT2D eigenvalue weighted by atomic mass is 10.2. The minimum absolute atomic E-state index is 0.00544. The highest BCUT2D eigenvalue weighted by Crippen LogP contribution is 2.30. The molecule has 0 heterocycles. The molecular formula is C12H17F3N2O2S. The molecule has 0 aliphatic rings. The molecule has 0 fully saturated rings. The van der Waals surface area contributed by atoms with Crippen LogP contribution in [0.1, 0.15) is 13.8 Å². The fourth-order valence-corrected chi connectivity index (χ4v) is 2.42. The van der Waals surface area contributed by atoms with Crippen LogP contribution in [0.2, 0.25) is 0 Å². The van der Waals surface area contributed by atoms with Gasteiger partial charge in [0.2, 0.25) is 0 Å².